The van der Waals surface area contributed by atoms with Gasteiger partial charge in [-0.25, -0.2) is 0 Å². The van der Waals surface area contributed by atoms with Crippen LogP contribution in [0.4, 0.5) is 0 Å². The average molecular weight is 285 g/mol. The molecule has 0 radical (unpaired) electrons. The summed E-state index contributed by atoms with van der Waals surface area (Å²) in [7, 11) is 1.95. The van der Waals surface area contributed by atoms with Crippen molar-refractivity contribution in [2.75, 3.05) is 20.3 Å². The monoisotopic (exact) mass is 285 g/mol. The Balaban J connectivity index is 1.91. The Hall–Kier alpha value is -2.00. The van der Waals surface area contributed by atoms with Crippen LogP contribution in [-0.4, -0.2) is 20.3 Å². The highest BCUT2D eigenvalue weighted by Crippen LogP contribution is 2.26. The molecule has 0 fully saturated rings. The van der Waals surface area contributed by atoms with E-state index in [9.17, 15) is 0 Å². The van der Waals surface area contributed by atoms with Gasteiger partial charge in [0.15, 0.2) is 0 Å². The first-order chi connectivity index (χ1) is 10.2. The van der Waals surface area contributed by atoms with Gasteiger partial charge >= 0.3 is 0 Å². The minimum atomic E-state index is 0.260. The Morgan fingerprint density at radius 1 is 1.00 bits per heavy atom. The van der Waals surface area contributed by atoms with E-state index < -0.39 is 0 Å². The highest BCUT2D eigenvalue weighted by atomic mass is 16.5. The molecule has 0 spiro atoms. The van der Waals surface area contributed by atoms with Crippen LogP contribution in [-0.2, 0) is 0 Å². The van der Waals surface area contributed by atoms with Gasteiger partial charge in [-0.1, -0.05) is 30.3 Å². The van der Waals surface area contributed by atoms with Crippen molar-refractivity contribution in [1.82, 2.24) is 5.32 Å². The zero-order chi connectivity index (χ0) is 15.1. The first-order valence-electron chi connectivity index (χ1n) is 7.29. The second-order valence-corrected chi connectivity index (χ2v) is 5.06. The molecule has 0 aliphatic rings. The quantitative estimate of drug-likeness (QED) is 0.786. The van der Waals surface area contributed by atoms with Gasteiger partial charge < -0.3 is 14.8 Å². The lowest BCUT2D eigenvalue weighted by molar-refractivity contribution is 0.215. The molecule has 2 rings (SSSR count). The molecule has 1 atom stereocenters. The molecule has 0 aliphatic carbocycles. The third-order valence-corrected chi connectivity index (χ3v) is 3.42. The number of hydrogen-bond acceptors (Lipinski definition) is 3. The van der Waals surface area contributed by atoms with Crippen molar-refractivity contribution in [2.45, 2.75) is 19.9 Å². The molecule has 1 unspecified atom stereocenters. The molecule has 0 saturated carbocycles. The van der Waals surface area contributed by atoms with Crippen LogP contribution in [0.2, 0.25) is 0 Å². The van der Waals surface area contributed by atoms with Crippen molar-refractivity contribution in [2.24, 2.45) is 0 Å². The van der Waals surface area contributed by atoms with E-state index in [2.05, 4.69) is 37.4 Å². The lowest BCUT2D eigenvalue weighted by Crippen LogP contribution is -2.15. The highest BCUT2D eigenvalue weighted by Gasteiger charge is 2.10. The molecule has 2 aromatic carbocycles. The van der Waals surface area contributed by atoms with E-state index in [1.165, 1.54) is 11.1 Å². The zero-order valence-corrected chi connectivity index (χ0v) is 12.9. The normalized spacial score (nSPS) is 12.0. The number of rotatable bonds is 7. The summed E-state index contributed by atoms with van der Waals surface area (Å²) in [6.45, 7) is 5.26. The maximum atomic E-state index is 5.90. The topological polar surface area (TPSA) is 30.5 Å². The van der Waals surface area contributed by atoms with E-state index in [0.717, 1.165) is 11.5 Å². The summed E-state index contributed by atoms with van der Waals surface area (Å²) in [6.07, 6.45) is 0. The SMILES string of the molecule is CNC(C)c1ccc(C)cc1OCCOc1ccccc1. The van der Waals surface area contributed by atoms with Crippen LogP contribution in [0.3, 0.4) is 0 Å². The Morgan fingerprint density at radius 2 is 1.71 bits per heavy atom. The third-order valence-electron chi connectivity index (χ3n) is 3.42. The van der Waals surface area contributed by atoms with Gasteiger partial charge in [-0.3, -0.25) is 0 Å². The fraction of sp³-hybridized carbons (Fsp3) is 0.333. The number of aryl methyl sites for hydroxylation is 1. The number of ether oxygens (including phenoxy) is 2. The molecule has 2 aromatic rings. The second-order valence-electron chi connectivity index (χ2n) is 5.06. The first-order valence-corrected chi connectivity index (χ1v) is 7.29. The van der Waals surface area contributed by atoms with E-state index >= 15 is 0 Å². The number of benzene rings is 2. The molecular formula is C18H23NO2. The van der Waals surface area contributed by atoms with Gasteiger partial charge in [0.25, 0.3) is 0 Å². The fourth-order valence-corrected chi connectivity index (χ4v) is 2.11. The maximum absolute atomic E-state index is 5.90. The van der Waals surface area contributed by atoms with Gasteiger partial charge in [-0.05, 0) is 44.7 Å². The summed E-state index contributed by atoms with van der Waals surface area (Å²) in [4.78, 5) is 0. The van der Waals surface area contributed by atoms with E-state index in [4.69, 9.17) is 9.47 Å². The minimum Gasteiger partial charge on any atom is -0.490 e. The second kappa shape index (κ2) is 7.70. The van der Waals surface area contributed by atoms with Crippen LogP contribution in [0, 0.1) is 6.92 Å². The summed E-state index contributed by atoms with van der Waals surface area (Å²) < 4.78 is 11.5. The van der Waals surface area contributed by atoms with Crippen molar-refractivity contribution in [3.8, 4) is 11.5 Å². The molecule has 0 heterocycles. The molecule has 0 aliphatic heterocycles. The summed E-state index contributed by atoms with van der Waals surface area (Å²) in [5.74, 6) is 1.79. The van der Waals surface area contributed by atoms with Crippen LogP contribution < -0.4 is 14.8 Å². The Morgan fingerprint density at radius 3 is 2.43 bits per heavy atom. The highest BCUT2D eigenvalue weighted by molar-refractivity contribution is 5.39. The van der Waals surface area contributed by atoms with Crippen molar-refractivity contribution in [3.63, 3.8) is 0 Å². The van der Waals surface area contributed by atoms with Gasteiger partial charge in [0.1, 0.15) is 24.7 Å². The van der Waals surface area contributed by atoms with Gasteiger partial charge in [0, 0.05) is 11.6 Å². The van der Waals surface area contributed by atoms with Crippen LogP contribution >= 0.6 is 0 Å². The van der Waals surface area contributed by atoms with Crippen molar-refractivity contribution in [3.05, 3.63) is 59.7 Å². The third kappa shape index (κ3) is 4.50. The predicted octanol–water partition coefficient (Wildman–Crippen LogP) is 3.73. The molecule has 112 valence electrons. The van der Waals surface area contributed by atoms with Gasteiger partial charge in [-0.15, -0.1) is 0 Å². The van der Waals surface area contributed by atoms with Crippen LogP contribution in [0.1, 0.15) is 24.1 Å². The lowest BCUT2D eigenvalue weighted by Gasteiger charge is -2.17. The van der Waals surface area contributed by atoms with Crippen molar-refractivity contribution in [1.29, 1.82) is 0 Å². The summed E-state index contributed by atoms with van der Waals surface area (Å²) in [5.41, 5.74) is 2.36. The summed E-state index contributed by atoms with van der Waals surface area (Å²) in [5, 5.41) is 3.25. The molecule has 3 nitrogen and oxygen atoms in total. The van der Waals surface area contributed by atoms with E-state index in [0.29, 0.717) is 13.2 Å². The smallest absolute Gasteiger partial charge is 0.124 e. The van der Waals surface area contributed by atoms with Crippen molar-refractivity contribution >= 4 is 0 Å². The number of para-hydroxylation sites is 1. The summed E-state index contributed by atoms with van der Waals surface area (Å²) in [6, 6.07) is 16.3. The zero-order valence-electron chi connectivity index (χ0n) is 12.9. The minimum absolute atomic E-state index is 0.260. The molecule has 0 aromatic heterocycles. The van der Waals surface area contributed by atoms with E-state index in [1.807, 2.05) is 37.4 Å². The van der Waals surface area contributed by atoms with Crippen LogP contribution in [0.25, 0.3) is 0 Å². The average Bonchev–Trinajstić information content (AvgIpc) is 2.52. The molecule has 1 N–H and O–H groups in total. The van der Waals surface area contributed by atoms with Gasteiger partial charge in [-0.2, -0.15) is 0 Å². The van der Waals surface area contributed by atoms with Gasteiger partial charge in [0.2, 0.25) is 0 Å². The standard InChI is InChI=1S/C18H23NO2/c1-14-9-10-17(15(2)19-3)18(13-14)21-12-11-20-16-7-5-4-6-8-16/h4-10,13,15,19H,11-12H2,1-3H3. The van der Waals surface area contributed by atoms with Crippen LogP contribution in [0.15, 0.2) is 48.5 Å². The largest absolute Gasteiger partial charge is 0.490 e. The van der Waals surface area contributed by atoms with Crippen LogP contribution in [0.5, 0.6) is 11.5 Å². The Kier molecular flexibility index (Phi) is 5.64. The number of nitrogens with one attached hydrogen (secondary N) is 1. The lowest BCUT2D eigenvalue weighted by atomic mass is 10.1. The molecule has 0 bridgehead atoms. The van der Waals surface area contributed by atoms with E-state index in [-0.39, 0.29) is 6.04 Å². The van der Waals surface area contributed by atoms with E-state index in [1.54, 1.807) is 0 Å². The first kappa shape index (κ1) is 15.4. The predicted molar refractivity (Wildman–Crippen MR) is 86.1 cm³/mol. The number of hydrogen-bond donors (Lipinski definition) is 1. The van der Waals surface area contributed by atoms with Crippen molar-refractivity contribution < 1.29 is 9.47 Å². The molecule has 21 heavy (non-hydrogen) atoms. The Bertz CT molecular complexity index is 554. The Labute approximate surface area is 126 Å². The molecule has 0 amide bonds. The summed E-state index contributed by atoms with van der Waals surface area (Å²) >= 11 is 0. The molecule has 3 heteroatoms. The molecular weight excluding hydrogens is 262 g/mol. The maximum Gasteiger partial charge on any atom is 0.124 e. The molecule has 0 saturated heterocycles. The van der Waals surface area contributed by atoms with Gasteiger partial charge in [0.05, 0.1) is 0 Å². The fourth-order valence-electron chi connectivity index (χ4n) is 2.11.